The van der Waals surface area contributed by atoms with E-state index in [4.69, 9.17) is 0 Å². The zero-order chi connectivity index (χ0) is 13.5. The third-order valence-corrected chi connectivity index (χ3v) is 2.56. The quantitative estimate of drug-likeness (QED) is 0.780. The highest BCUT2D eigenvalue weighted by Gasteiger charge is 2.10. The number of nitrogens with one attached hydrogen (secondary N) is 1. The molecule has 1 amide bonds. The predicted molar refractivity (Wildman–Crippen MR) is 72.9 cm³/mol. The largest absolute Gasteiger partial charge is 0.365 e. The summed E-state index contributed by atoms with van der Waals surface area (Å²) in [5.74, 6) is 0.397. The van der Waals surface area contributed by atoms with Gasteiger partial charge in [-0.15, -0.1) is 0 Å². The maximum Gasteiger partial charge on any atom is 0.239 e. The maximum absolute atomic E-state index is 11.7. The lowest BCUT2D eigenvalue weighted by Gasteiger charge is -2.20. The Morgan fingerprint density at radius 1 is 1.39 bits per heavy atom. The molecule has 4 heteroatoms. The number of rotatable bonds is 6. The van der Waals surface area contributed by atoms with Crippen molar-refractivity contribution < 1.29 is 9.59 Å². The van der Waals surface area contributed by atoms with Gasteiger partial charge in [0, 0.05) is 24.8 Å². The summed E-state index contributed by atoms with van der Waals surface area (Å²) in [7, 11) is 1.80. The molecule has 4 nitrogen and oxygen atoms in total. The van der Waals surface area contributed by atoms with Crippen molar-refractivity contribution in [1.82, 2.24) is 5.32 Å². The van der Waals surface area contributed by atoms with E-state index in [2.05, 4.69) is 5.32 Å². The van der Waals surface area contributed by atoms with Crippen molar-refractivity contribution in [3.05, 3.63) is 29.8 Å². The number of likely N-dealkylation sites (N-methyl/N-ethyl adjacent to an activating group) is 1. The lowest BCUT2D eigenvalue weighted by Crippen LogP contribution is -2.37. The number of hydrogen-bond donors (Lipinski definition) is 1. The van der Waals surface area contributed by atoms with Crippen LogP contribution in [0, 0.1) is 5.92 Å². The van der Waals surface area contributed by atoms with E-state index >= 15 is 0 Å². The van der Waals surface area contributed by atoms with Gasteiger partial charge >= 0.3 is 0 Å². The van der Waals surface area contributed by atoms with Gasteiger partial charge in [-0.25, -0.2) is 0 Å². The van der Waals surface area contributed by atoms with Gasteiger partial charge in [0.2, 0.25) is 5.91 Å². The number of hydrogen-bond acceptors (Lipinski definition) is 3. The summed E-state index contributed by atoms with van der Waals surface area (Å²) in [5.41, 5.74) is 1.36. The van der Waals surface area contributed by atoms with Gasteiger partial charge in [0.1, 0.15) is 0 Å². The monoisotopic (exact) mass is 248 g/mol. The fraction of sp³-hybridized carbons (Fsp3) is 0.429. The van der Waals surface area contributed by atoms with E-state index in [1.807, 2.05) is 26.0 Å². The average Bonchev–Trinajstić information content (AvgIpc) is 2.36. The number of anilines is 1. The molecule has 0 saturated carbocycles. The zero-order valence-corrected chi connectivity index (χ0v) is 11.1. The van der Waals surface area contributed by atoms with Gasteiger partial charge in [0.25, 0.3) is 0 Å². The van der Waals surface area contributed by atoms with Crippen molar-refractivity contribution in [1.29, 1.82) is 0 Å². The van der Waals surface area contributed by atoms with E-state index in [0.717, 1.165) is 12.0 Å². The first-order chi connectivity index (χ1) is 8.54. The van der Waals surface area contributed by atoms with E-state index in [9.17, 15) is 9.59 Å². The number of para-hydroxylation sites is 1. The van der Waals surface area contributed by atoms with Crippen LogP contribution in [0.25, 0.3) is 0 Å². The van der Waals surface area contributed by atoms with E-state index in [1.54, 1.807) is 24.1 Å². The summed E-state index contributed by atoms with van der Waals surface area (Å²) < 4.78 is 0. The van der Waals surface area contributed by atoms with Gasteiger partial charge in [0.15, 0.2) is 6.29 Å². The SMILES string of the molecule is CC(C)CNC(=O)CN(C)c1ccccc1C=O. The van der Waals surface area contributed by atoms with Crippen molar-refractivity contribution in [2.24, 2.45) is 5.92 Å². The third kappa shape index (κ3) is 4.20. The Morgan fingerprint density at radius 2 is 2.06 bits per heavy atom. The Morgan fingerprint density at radius 3 is 2.67 bits per heavy atom. The van der Waals surface area contributed by atoms with Gasteiger partial charge in [0.05, 0.1) is 6.54 Å². The van der Waals surface area contributed by atoms with Crippen LogP contribution in [0.15, 0.2) is 24.3 Å². The molecule has 0 fully saturated rings. The smallest absolute Gasteiger partial charge is 0.239 e. The van der Waals surface area contributed by atoms with Gasteiger partial charge in [-0.3, -0.25) is 9.59 Å². The van der Waals surface area contributed by atoms with Crippen molar-refractivity contribution in [3.8, 4) is 0 Å². The summed E-state index contributed by atoms with van der Waals surface area (Å²) >= 11 is 0. The van der Waals surface area contributed by atoms with Crippen LogP contribution in [0.1, 0.15) is 24.2 Å². The van der Waals surface area contributed by atoms with E-state index < -0.39 is 0 Å². The number of benzene rings is 1. The Labute approximate surface area is 108 Å². The Balaban J connectivity index is 2.62. The van der Waals surface area contributed by atoms with Crippen LogP contribution in [0.4, 0.5) is 5.69 Å². The highest BCUT2D eigenvalue weighted by molar-refractivity contribution is 5.87. The van der Waals surface area contributed by atoms with Crippen LogP contribution in [0.3, 0.4) is 0 Å². The van der Waals surface area contributed by atoms with Gasteiger partial charge in [-0.1, -0.05) is 26.0 Å². The van der Waals surface area contributed by atoms with Crippen molar-refractivity contribution in [2.75, 3.05) is 25.0 Å². The number of aldehydes is 1. The van der Waals surface area contributed by atoms with Crippen molar-refractivity contribution >= 4 is 17.9 Å². The standard InChI is InChI=1S/C14H20N2O2/c1-11(2)8-15-14(18)9-16(3)13-7-5-4-6-12(13)10-17/h4-7,10-11H,8-9H2,1-3H3,(H,15,18). The summed E-state index contributed by atoms with van der Waals surface area (Å²) in [6.07, 6.45) is 0.803. The molecule has 0 radical (unpaired) electrons. The van der Waals surface area contributed by atoms with Gasteiger partial charge in [-0.05, 0) is 18.1 Å². The molecular formula is C14H20N2O2. The van der Waals surface area contributed by atoms with Crippen LogP contribution in [-0.2, 0) is 4.79 Å². The first-order valence-corrected chi connectivity index (χ1v) is 6.06. The zero-order valence-electron chi connectivity index (χ0n) is 11.1. The molecule has 0 aliphatic carbocycles. The maximum atomic E-state index is 11.7. The minimum atomic E-state index is -0.0353. The molecule has 0 aliphatic heterocycles. The molecular weight excluding hydrogens is 228 g/mol. The Bertz CT molecular complexity index is 416. The molecule has 0 saturated heterocycles. The third-order valence-electron chi connectivity index (χ3n) is 2.56. The van der Waals surface area contributed by atoms with Crippen LogP contribution in [0.5, 0.6) is 0 Å². The highest BCUT2D eigenvalue weighted by atomic mass is 16.2. The first kappa shape index (κ1) is 14.2. The van der Waals surface area contributed by atoms with Gasteiger partial charge in [-0.2, -0.15) is 0 Å². The second kappa shape index (κ2) is 6.79. The molecule has 1 N–H and O–H groups in total. The van der Waals surface area contributed by atoms with Crippen LogP contribution in [-0.4, -0.2) is 32.3 Å². The first-order valence-electron chi connectivity index (χ1n) is 6.06. The normalized spacial score (nSPS) is 10.2. The molecule has 1 rings (SSSR count). The summed E-state index contributed by atoms with van der Waals surface area (Å²) in [4.78, 5) is 24.4. The predicted octanol–water partition coefficient (Wildman–Crippen LogP) is 1.71. The fourth-order valence-corrected chi connectivity index (χ4v) is 1.61. The topological polar surface area (TPSA) is 49.4 Å². The average molecular weight is 248 g/mol. The Hall–Kier alpha value is -1.84. The second-order valence-corrected chi connectivity index (χ2v) is 4.73. The lowest BCUT2D eigenvalue weighted by atomic mass is 10.2. The molecule has 98 valence electrons. The van der Waals surface area contributed by atoms with E-state index in [-0.39, 0.29) is 12.5 Å². The minimum Gasteiger partial charge on any atom is -0.365 e. The summed E-state index contributed by atoms with van der Waals surface area (Å²) in [5, 5.41) is 2.85. The van der Waals surface area contributed by atoms with Crippen molar-refractivity contribution in [3.63, 3.8) is 0 Å². The van der Waals surface area contributed by atoms with Crippen LogP contribution in [0.2, 0.25) is 0 Å². The molecule has 1 aromatic carbocycles. The molecule has 0 aromatic heterocycles. The number of amides is 1. The fourth-order valence-electron chi connectivity index (χ4n) is 1.61. The Kier molecular flexibility index (Phi) is 5.36. The lowest BCUT2D eigenvalue weighted by molar-refractivity contribution is -0.119. The summed E-state index contributed by atoms with van der Waals surface area (Å²) in [6, 6.07) is 7.23. The molecule has 18 heavy (non-hydrogen) atoms. The molecule has 0 spiro atoms. The number of carbonyl (C=O) groups excluding carboxylic acids is 2. The number of nitrogens with zero attached hydrogens (tertiary/aromatic N) is 1. The molecule has 0 atom stereocenters. The molecule has 1 aromatic rings. The summed E-state index contributed by atoms with van der Waals surface area (Å²) in [6.45, 7) is 5.01. The molecule has 0 heterocycles. The molecule has 0 unspecified atom stereocenters. The van der Waals surface area contributed by atoms with Crippen LogP contribution >= 0.6 is 0 Å². The van der Waals surface area contributed by atoms with Crippen LogP contribution < -0.4 is 10.2 Å². The second-order valence-electron chi connectivity index (χ2n) is 4.73. The van der Waals surface area contributed by atoms with E-state index in [0.29, 0.717) is 18.0 Å². The van der Waals surface area contributed by atoms with E-state index in [1.165, 1.54) is 0 Å². The van der Waals surface area contributed by atoms with Gasteiger partial charge < -0.3 is 10.2 Å². The van der Waals surface area contributed by atoms with Crippen molar-refractivity contribution in [2.45, 2.75) is 13.8 Å². The number of carbonyl (C=O) groups is 2. The highest BCUT2D eigenvalue weighted by Crippen LogP contribution is 2.16. The molecule has 0 bridgehead atoms. The molecule has 0 aliphatic rings. The minimum absolute atomic E-state index is 0.0353.